The van der Waals surface area contributed by atoms with Crippen LogP contribution in [0.4, 0.5) is 0 Å². The van der Waals surface area contributed by atoms with Crippen molar-refractivity contribution in [2.45, 2.75) is 0 Å². The maximum absolute atomic E-state index is 11.4. The molecule has 0 aliphatic carbocycles. The van der Waals surface area contributed by atoms with Crippen molar-refractivity contribution in [3.8, 4) is 17.4 Å². The number of esters is 1. The van der Waals surface area contributed by atoms with Crippen LogP contribution in [0.2, 0.25) is 0 Å². The summed E-state index contributed by atoms with van der Waals surface area (Å²) in [6.07, 6.45) is 1.17. The van der Waals surface area contributed by atoms with Gasteiger partial charge >= 0.3 is 5.97 Å². The van der Waals surface area contributed by atoms with E-state index >= 15 is 0 Å². The smallest absolute Gasteiger partial charge is 0.360 e. The van der Waals surface area contributed by atoms with Crippen LogP contribution in [0.15, 0.2) is 35.1 Å². The fourth-order valence-electron chi connectivity index (χ4n) is 1.42. The normalized spacial score (nSPS) is 9.65. The van der Waals surface area contributed by atoms with Crippen LogP contribution in [-0.2, 0) is 4.74 Å². The van der Waals surface area contributed by atoms with E-state index in [1.165, 1.54) is 13.5 Å². The summed E-state index contributed by atoms with van der Waals surface area (Å²) in [4.78, 5) is 15.2. The molecule has 2 aromatic rings. The minimum absolute atomic E-state index is 0.0996. The molecule has 17 heavy (non-hydrogen) atoms. The highest BCUT2D eigenvalue weighted by molar-refractivity contribution is 5.93. The first kappa shape index (κ1) is 10.9. The molecule has 0 radical (unpaired) electrons. The Morgan fingerprint density at radius 2 is 2.35 bits per heavy atom. The van der Waals surface area contributed by atoms with Gasteiger partial charge in [0.05, 0.1) is 18.7 Å². The molecule has 2 rings (SSSR count). The number of hydrogen-bond donors (Lipinski definition) is 0. The van der Waals surface area contributed by atoms with Gasteiger partial charge in [0.15, 0.2) is 17.8 Å². The van der Waals surface area contributed by atoms with E-state index in [4.69, 9.17) is 9.68 Å². The lowest BCUT2D eigenvalue weighted by Gasteiger charge is -2.00. The van der Waals surface area contributed by atoms with Crippen molar-refractivity contribution >= 4 is 5.97 Å². The van der Waals surface area contributed by atoms with Crippen LogP contribution < -0.4 is 0 Å². The van der Waals surface area contributed by atoms with Crippen molar-refractivity contribution in [3.05, 3.63) is 41.9 Å². The fraction of sp³-hybridized carbons (Fsp3) is 0.0833. The van der Waals surface area contributed by atoms with Crippen molar-refractivity contribution in [1.82, 2.24) is 4.98 Å². The first-order valence-electron chi connectivity index (χ1n) is 4.78. The number of ether oxygens (including phenoxy) is 1. The van der Waals surface area contributed by atoms with Gasteiger partial charge in [-0.2, -0.15) is 5.26 Å². The van der Waals surface area contributed by atoms with E-state index in [2.05, 4.69) is 9.72 Å². The molecule has 0 saturated carbocycles. The molecule has 5 nitrogen and oxygen atoms in total. The Bertz CT molecular complexity index is 596. The number of nitrogens with zero attached hydrogens (tertiary/aromatic N) is 2. The second kappa shape index (κ2) is 4.49. The quantitative estimate of drug-likeness (QED) is 0.734. The van der Waals surface area contributed by atoms with Crippen LogP contribution >= 0.6 is 0 Å². The third-order valence-electron chi connectivity index (χ3n) is 2.20. The van der Waals surface area contributed by atoms with Crippen LogP contribution in [-0.4, -0.2) is 18.1 Å². The van der Waals surface area contributed by atoms with Crippen LogP contribution in [0.25, 0.3) is 11.3 Å². The van der Waals surface area contributed by atoms with Gasteiger partial charge in [0.25, 0.3) is 0 Å². The number of carbonyl (C=O) groups excluding carboxylic acids is 1. The van der Waals surface area contributed by atoms with E-state index in [1.807, 2.05) is 6.07 Å². The molecule has 0 N–H and O–H groups in total. The molecular formula is C12H8N2O3. The van der Waals surface area contributed by atoms with Crippen LogP contribution in [0.5, 0.6) is 0 Å². The predicted octanol–water partition coefficient (Wildman–Crippen LogP) is 2.00. The molecule has 1 aromatic heterocycles. The molecular weight excluding hydrogens is 220 g/mol. The lowest BCUT2D eigenvalue weighted by Crippen LogP contribution is -2.03. The Kier molecular flexibility index (Phi) is 2.88. The number of rotatable bonds is 2. The zero-order chi connectivity index (χ0) is 12.3. The van der Waals surface area contributed by atoms with Crippen molar-refractivity contribution in [2.24, 2.45) is 0 Å². The maximum atomic E-state index is 11.4. The Labute approximate surface area is 97.3 Å². The van der Waals surface area contributed by atoms with E-state index in [0.717, 1.165) is 0 Å². The SMILES string of the molecule is COC(=O)c1ncoc1-c1cccc(C#N)c1. The Morgan fingerprint density at radius 3 is 3.06 bits per heavy atom. The van der Waals surface area contributed by atoms with Gasteiger partial charge in [-0.25, -0.2) is 9.78 Å². The molecule has 84 valence electrons. The molecule has 0 unspecified atom stereocenters. The fourth-order valence-corrected chi connectivity index (χ4v) is 1.42. The summed E-state index contributed by atoms with van der Waals surface area (Å²) in [6.45, 7) is 0. The summed E-state index contributed by atoms with van der Waals surface area (Å²) in [6, 6.07) is 8.73. The molecule has 0 saturated heterocycles. The molecule has 0 atom stereocenters. The second-order valence-corrected chi connectivity index (χ2v) is 3.21. The largest absolute Gasteiger partial charge is 0.464 e. The van der Waals surface area contributed by atoms with Crippen molar-refractivity contribution in [1.29, 1.82) is 5.26 Å². The number of oxazole rings is 1. The van der Waals surface area contributed by atoms with E-state index in [1.54, 1.807) is 24.3 Å². The number of benzene rings is 1. The molecule has 0 spiro atoms. The third kappa shape index (κ3) is 2.01. The van der Waals surface area contributed by atoms with E-state index in [0.29, 0.717) is 16.9 Å². The van der Waals surface area contributed by atoms with Crippen molar-refractivity contribution < 1.29 is 13.9 Å². The highest BCUT2D eigenvalue weighted by atomic mass is 16.5. The number of methoxy groups -OCH3 is 1. The summed E-state index contributed by atoms with van der Waals surface area (Å²) in [5.74, 6) is -0.273. The van der Waals surface area contributed by atoms with E-state index < -0.39 is 5.97 Å². The zero-order valence-corrected chi connectivity index (χ0v) is 9.01. The Balaban J connectivity index is 2.50. The predicted molar refractivity (Wildman–Crippen MR) is 58.0 cm³/mol. The van der Waals surface area contributed by atoms with Crippen molar-refractivity contribution in [3.63, 3.8) is 0 Å². The average molecular weight is 228 g/mol. The zero-order valence-electron chi connectivity index (χ0n) is 9.01. The van der Waals surface area contributed by atoms with Gasteiger partial charge in [0.2, 0.25) is 0 Å². The molecule has 0 amide bonds. The minimum atomic E-state index is -0.573. The number of aromatic nitrogens is 1. The Hall–Kier alpha value is -2.61. The summed E-state index contributed by atoms with van der Waals surface area (Å²) in [5.41, 5.74) is 1.19. The lowest BCUT2D eigenvalue weighted by molar-refractivity contribution is 0.0595. The van der Waals surface area contributed by atoms with E-state index in [9.17, 15) is 4.79 Å². The lowest BCUT2D eigenvalue weighted by atomic mass is 10.1. The van der Waals surface area contributed by atoms with Gasteiger partial charge in [-0.05, 0) is 12.1 Å². The minimum Gasteiger partial charge on any atom is -0.464 e. The second-order valence-electron chi connectivity index (χ2n) is 3.21. The van der Waals surface area contributed by atoms with Crippen LogP contribution in [0, 0.1) is 11.3 Å². The summed E-state index contributed by atoms with van der Waals surface area (Å²) in [5, 5.41) is 8.80. The van der Waals surface area contributed by atoms with E-state index in [-0.39, 0.29) is 5.69 Å². The van der Waals surface area contributed by atoms with Gasteiger partial charge in [-0.1, -0.05) is 12.1 Å². The molecule has 0 aliphatic rings. The van der Waals surface area contributed by atoms with Gasteiger partial charge in [-0.3, -0.25) is 0 Å². The number of nitriles is 1. The average Bonchev–Trinajstić information content (AvgIpc) is 2.87. The summed E-state index contributed by atoms with van der Waals surface area (Å²) < 4.78 is 9.74. The molecule has 5 heteroatoms. The maximum Gasteiger partial charge on any atom is 0.360 e. The van der Waals surface area contributed by atoms with Crippen LogP contribution in [0.1, 0.15) is 16.1 Å². The Morgan fingerprint density at radius 1 is 1.53 bits per heavy atom. The topological polar surface area (TPSA) is 76.1 Å². The molecule has 0 fully saturated rings. The van der Waals surface area contributed by atoms with Gasteiger partial charge in [-0.15, -0.1) is 0 Å². The number of carbonyl (C=O) groups is 1. The highest BCUT2D eigenvalue weighted by Gasteiger charge is 2.18. The molecule has 1 aromatic carbocycles. The van der Waals surface area contributed by atoms with Crippen LogP contribution in [0.3, 0.4) is 0 Å². The highest BCUT2D eigenvalue weighted by Crippen LogP contribution is 2.24. The standard InChI is InChI=1S/C12H8N2O3/c1-16-12(15)10-11(17-7-14-10)9-4-2-3-8(5-9)6-13/h2-5,7H,1H3. The number of hydrogen-bond acceptors (Lipinski definition) is 5. The van der Waals surface area contributed by atoms with Gasteiger partial charge < -0.3 is 9.15 Å². The third-order valence-corrected chi connectivity index (χ3v) is 2.20. The first-order chi connectivity index (χ1) is 8.26. The van der Waals surface area contributed by atoms with Gasteiger partial charge in [0, 0.05) is 5.56 Å². The van der Waals surface area contributed by atoms with Gasteiger partial charge in [0.1, 0.15) is 0 Å². The molecule has 1 heterocycles. The molecule has 0 aliphatic heterocycles. The first-order valence-corrected chi connectivity index (χ1v) is 4.78. The monoisotopic (exact) mass is 228 g/mol. The summed E-state index contributed by atoms with van der Waals surface area (Å²) >= 11 is 0. The molecule has 0 bridgehead atoms. The summed E-state index contributed by atoms with van der Waals surface area (Å²) in [7, 11) is 1.27. The van der Waals surface area contributed by atoms with Crippen molar-refractivity contribution in [2.75, 3.05) is 7.11 Å².